The van der Waals surface area contributed by atoms with Gasteiger partial charge in [0.05, 0.1) is 23.9 Å². The predicted octanol–water partition coefficient (Wildman–Crippen LogP) is 4.58. The van der Waals surface area contributed by atoms with E-state index in [9.17, 15) is 4.79 Å². The van der Waals surface area contributed by atoms with Crippen molar-refractivity contribution in [2.75, 3.05) is 37.7 Å². The molecule has 1 fully saturated rings. The number of para-hydroxylation sites is 1. The first kappa shape index (κ1) is 24.9. The number of nitrogens with zero attached hydrogens (tertiary/aromatic N) is 6. The van der Waals surface area contributed by atoms with Gasteiger partial charge in [0, 0.05) is 32.1 Å². The summed E-state index contributed by atoms with van der Waals surface area (Å²) in [5.41, 5.74) is 2.86. The van der Waals surface area contributed by atoms with Gasteiger partial charge in [-0.25, -0.2) is 14.6 Å². The Kier molecular flexibility index (Phi) is 7.75. The maximum atomic E-state index is 12.8. The van der Waals surface area contributed by atoms with Crippen molar-refractivity contribution >= 4 is 22.8 Å². The molecular weight excluding hydrogens is 464 g/mol. The molecule has 8 nitrogen and oxygen atoms in total. The van der Waals surface area contributed by atoms with E-state index in [4.69, 9.17) is 14.7 Å². The molecule has 3 heterocycles. The highest BCUT2D eigenvalue weighted by Gasteiger charge is 2.26. The molecule has 2 aromatic heterocycles. The van der Waals surface area contributed by atoms with E-state index in [1.165, 1.54) is 0 Å². The van der Waals surface area contributed by atoms with Crippen LogP contribution in [-0.4, -0.2) is 63.3 Å². The lowest BCUT2D eigenvalue weighted by Crippen LogP contribution is -2.50. The average molecular weight is 499 g/mol. The summed E-state index contributed by atoms with van der Waals surface area (Å²) in [5.74, 6) is 2.02. The van der Waals surface area contributed by atoms with Crippen molar-refractivity contribution in [2.45, 2.75) is 39.2 Å². The fourth-order valence-corrected chi connectivity index (χ4v) is 4.78. The minimum Gasteiger partial charge on any atom is -0.367 e. The summed E-state index contributed by atoms with van der Waals surface area (Å²) in [7, 11) is 0. The Hall–Kier alpha value is -3.78. The van der Waals surface area contributed by atoms with Crippen molar-refractivity contribution in [2.24, 2.45) is 0 Å². The zero-order valence-corrected chi connectivity index (χ0v) is 21.6. The molecule has 8 heteroatoms. The van der Waals surface area contributed by atoms with Crippen LogP contribution in [0.5, 0.6) is 0 Å². The first-order chi connectivity index (χ1) is 18.1. The van der Waals surface area contributed by atoms with E-state index in [1.807, 2.05) is 76.4 Å². The van der Waals surface area contributed by atoms with Crippen LogP contribution >= 0.6 is 0 Å². The first-order valence-corrected chi connectivity index (χ1v) is 13.1. The normalized spacial score (nSPS) is 14.8. The van der Waals surface area contributed by atoms with Crippen LogP contribution in [0.2, 0.25) is 0 Å². The third kappa shape index (κ3) is 5.64. The lowest BCUT2D eigenvalue weighted by molar-refractivity contribution is -0.136. The molecule has 4 aromatic rings. The van der Waals surface area contributed by atoms with Gasteiger partial charge >= 0.3 is 0 Å². The molecule has 37 heavy (non-hydrogen) atoms. The number of fused-ring (bicyclic) bond motifs is 1. The van der Waals surface area contributed by atoms with Crippen LogP contribution in [0, 0.1) is 0 Å². The van der Waals surface area contributed by atoms with Gasteiger partial charge in [-0.05, 0) is 24.1 Å². The number of hydrogen-bond donors (Lipinski definition) is 0. The smallest absolute Gasteiger partial charge is 0.248 e. The Labute approximate surface area is 217 Å². The van der Waals surface area contributed by atoms with E-state index in [1.54, 1.807) is 0 Å². The molecule has 192 valence electrons. The van der Waals surface area contributed by atoms with Gasteiger partial charge in [-0.15, -0.1) is 0 Å². The van der Waals surface area contributed by atoms with Crippen LogP contribution in [0.1, 0.15) is 44.0 Å². The van der Waals surface area contributed by atoms with E-state index >= 15 is 0 Å². The van der Waals surface area contributed by atoms with Gasteiger partial charge < -0.3 is 14.5 Å². The number of aromatic nitrogens is 4. The number of piperazine rings is 1. The van der Waals surface area contributed by atoms with Gasteiger partial charge in [0.15, 0.2) is 5.65 Å². The Morgan fingerprint density at radius 3 is 2.38 bits per heavy atom. The molecular formula is C29H34N6O2. The zero-order valence-electron chi connectivity index (χ0n) is 21.6. The van der Waals surface area contributed by atoms with Gasteiger partial charge in [-0.3, -0.25) is 4.79 Å². The maximum absolute atomic E-state index is 12.8. The highest BCUT2D eigenvalue weighted by molar-refractivity contribution is 5.88. The number of carbonyl (C=O) groups excluding carboxylic acids is 1. The predicted molar refractivity (Wildman–Crippen MR) is 145 cm³/mol. The quantitative estimate of drug-likeness (QED) is 0.336. The Morgan fingerprint density at radius 2 is 1.68 bits per heavy atom. The number of amides is 1. The molecule has 1 amide bonds. The lowest BCUT2D eigenvalue weighted by Gasteiger charge is -2.35. The summed E-state index contributed by atoms with van der Waals surface area (Å²) in [5, 5.41) is 5.61. The Bertz CT molecular complexity index is 1320. The van der Waals surface area contributed by atoms with Crippen molar-refractivity contribution in [3.05, 3.63) is 78.2 Å². The molecule has 1 saturated heterocycles. The average Bonchev–Trinajstić information content (AvgIpc) is 3.38. The SMILES string of the molecule is CCC[C@H](C)c1nc(N2CCN(C(=O)COCc3ccccc3)CC2)c2cnn(-c3ccccc3)c2n1. The standard InChI is InChI=1S/C29H34N6O2/c1-3-10-22(2)27-31-28(25-19-30-35(29(25)32-27)24-13-8-5-9-14-24)34-17-15-33(16-18-34)26(36)21-37-20-23-11-6-4-7-12-23/h4-9,11-14,19,22H,3,10,15-18,20-21H2,1-2H3/t22-/m0/s1. The molecule has 0 saturated carbocycles. The van der Waals surface area contributed by atoms with Crippen LogP contribution in [0.15, 0.2) is 66.9 Å². The Balaban J connectivity index is 1.32. The summed E-state index contributed by atoms with van der Waals surface area (Å²) in [6.45, 7) is 7.57. The molecule has 2 aromatic carbocycles. The van der Waals surface area contributed by atoms with Gasteiger partial charge in [0.2, 0.25) is 5.91 Å². The second-order valence-corrected chi connectivity index (χ2v) is 9.57. The topological polar surface area (TPSA) is 76.4 Å². The summed E-state index contributed by atoms with van der Waals surface area (Å²) < 4.78 is 7.57. The largest absolute Gasteiger partial charge is 0.367 e. The van der Waals surface area contributed by atoms with E-state index in [0.29, 0.717) is 32.8 Å². The van der Waals surface area contributed by atoms with Gasteiger partial charge in [0.1, 0.15) is 18.2 Å². The van der Waals surface area contributed by atoms with E-state index in [2.05, 4.69) is 23.8 Å². The molecule has 0 unspecified atom stereocenters. The van der Waals surface area contributed by atoms with Crippen LogP contribution < -0.4 is 4.90 Å². The lowest BCUT2D eigenvalue weighted by atomic mass is 10.1. The number of benzene rings is 2. The minimum atomic E-state index is 0.0255. The van der Waals surface area contributed by atoms with E-state index in [0.717, 1.165) is 46.8 Å². The van der Waals surface area contributed by atoms with Gasteiger partial charge in [-0.2, -0.15) is 5.10 Å². The Morgan fingerprint density at radius 1 is 0.973 bits per heavy atom. The third-order valence-corrected chi connectivity index (χ3v) is 6.86. The van der Waals surface area contributed by atoms with Crippen LogP contribution in [-0.2, 0) is 16.1 Å². The van der Waals surface area contributed by atoms with Crippen molar-refractivity contribution in [1.29, 1.82) is 0 Å². The highest BCUT2D eigenvalue weighted by Crippen LogP contribution is 2.29. The number of hydrogen-bond acceptors (Lipinski definition) is 6. The third-order valence-electron chi connectivity index (χ3n) is 6.86. The monoisotopic (exact) mass is 498 g/mol. The fourth-order valence-electron chi connectivity index (χ4n) is 4.78. The van der Waals surface area contributed by atoms with Crippen molar-refractivity contribution in [3.8, 4) is 5.69 Å². The fraction of sp³-hybridized carbons (Fsp3) is 0.379. The molecule has 0 radical (unpaired) electrons. The van der Waals surface area contributed by atoms with E-state index in [-0.39, 0.29) is 18.4 Å². The summed E-state index contributed by atoms with van der Waals surface area (Å²) in [6.07, 6.45) is 3.96. The highest BCUT2D eigenvalue weighted by atomic mass is 16.5. The zero-order chi connectivity index (χ0) is 25.6. The second-order valence-electron chi connectivity index (χ2n) is 9.57. The van der Waals surface area contributed by atoms with Gasteiger partial charge in [-0.1, -0.05) is 68.8 Å². The van der Waals surface area contributed by atoms with Crippen LogP contribution in [0.4, 0.5) is 5.82 Å². The van der Waals surface area contributed by atoms with E-state index < -0.39 is 0 Å². The first-order valence-electron chi connectivity index (χ1n) is 13.1. The molecule has 1 aliphatic heterocycles. The molecule has 5 rings (SSSR count). The number of carbonyl (C=O) groups is 1. The molecule has 0 N–H and O–H groups in total. The van der Waals surface area contributed by atoms with Crippen LogP contribution in [0.3, 0.4) is 0 Å². The van der Waals surface area contributed by atoms with Crippen molar-refractivity contribution in [3.63, 3.8) is 0 Å². The summed E-state index contributed by atoms with van der Waals surface area (Å²) in [6, 6.07) is 20.0. The van der Waals surface area contributed by atoms with Gasteiger partial charge in [0.25, 0.3) is 0 Å². The maximum Gasteiger partial charge on any atom is 0.248 e. The minimum absolute atomic E-state index is 0.0255. The molecule has 1 atom stereocenters. The molecule has 0 spiro atoms. The van der Waals surface area contributed by atoms with Crippen LogP contribution in [0.25, 0.3) is 16.7 Å². The molecule has 1 aliphatic rings. The number of anilines is 1. The summed E-state index contributed by atoms with van der Waals surface area (Å²) >= 11 is 0. The molecule has 0 aliphatic carbocycles. The molecule has 0 bridgehead atoms. The number of rotatable bonds is 9. The van der Waals surface area contributed by atoms with Crippen molar-refractivity contribution < 1.29 is 9.53 Å². The number of ether oxygens (including phenoxy) is 1. The van der Waals surface area contributed by atoms with Crippen molar-refractivity contribution in [1.82, 2.24) is 24.6 Å². The summed E-state index contributed by atoms with van der Waals surface area (Å²) in [4.78, 5) is 26.9. The second kappa shape index (κ2) is 11.5.